The molecule has 0 spiro atoms. The number of β-amino-alcohol motifs (C(OH)–C–C–N with tert-alkyl or cyclic N) is 2. The summed E-state index contributed by atoms with van der Waals surface area (Å²) in [6.45, 7) is 3.53. The molecule has 0 amide bonds. The second-order valence-corrected chi connectivity index (χ2v) is 8.05. The van der Waals surface area contributed by atoms with Gasteiger partial charge < -0.3 is 25.2 Å². The van der Waals surface area contributed by atoms with Crippen molar-refractivity contribution < 1.29 is 29.6 Å². The summed E-state index contributed by atoms with van der Waals surface area (Å²) in [5.41, 5.74) is 2.34. The minimum atomic E-state index is -1.36. The van der Waals surface area contributed by atoms with Crippen LogP contribution in [0.15, 0.2) is 24.3 Å². The van der Waals surface area contributed by atoms with Gasteiger partial charge in [-0.25, -0.2) is 4.39 Å². The molecule has 7 heteroatoms. The number of rotatable bonds is 11. The van der Waals surface area contributed by atoms with E-state index in [9.17, 15) is 24.8 Å². The summed E-state index contributed by atoms with van der Waals surface area (Å²) in [6.07, 6.45) is -2.05. The summed E-state index contributed by atoms with van der Waals surface area (Å²) < 4.78 is 19.5. The minimum absolute atomic E-state index is 0.0657. The molecular weight excluding hydrogens is 377 g/mol. The summed E-state index contributed by atoms with van der Waals surface area (Å²) >= 11 is 0. The van der Waals surface area contributed by atoms with Gasteiger partial charge in [-0.3, -0.25) is 4.90 Å². The minimum Gasteiger partial charge on any atom is -0.389 e. The van der Waals surface area contributed by atoms with Crippen molar-refractivity contribution in [3.63, 3.8) is 0 Å². The van der Waals surface area contributed by atoms with Crippen molar-refractivity contribution in [3.05, 3.63) is 35.4 Å². The molecule has 0 bridgehead atoms. The van der Waals surface area contributed by atoms with Crippen LogP contribution < -0.4 is 0 Å². The van der Waals surface area contributed by atoms with E-state index in [2.05, 4.69) is 19.1 Å². The van der Waals surface area contributed by atoms with Gasteiger partial charge in [-0.05, 0) is 43.4 Å². The molecule has 1 heterocycles. The number of hydrogen-bond donors (Lipinski definition) is 4. The molecule has 6 nitrogen and oxygen atoms in total. The number of aliphatic hydroxyl groups excluding tert-OH is 4. The SMILES string of the molecule is CCCc1ccc(COCC(F)CCCCN2C[C@H](O)[C@@H](O)[C@H](O)[C@@H](O)C2)cc1. The molecule has 4 N–H and O–H groups in total. The van der Waals surface area contributed by atoms with Crippen LogP contribution in [0.25, 0.3) is 0 Å². The Morgan fingerprint density at radius 1 is 1.00 bits per heavy atom. The van der Waals surface area contributed by atoms with Crippen LogP contribution >= 0.6 is 0 Å². The van der Waals surface area contributed by atoms with Crippen molar-refractivity contribution in [1.29, 1.82) is 0 Å². The third kappa shape index (κ3) is 8.28. The van der Waals surface area contributed by atoms with Crippen molar-refractivity contribution in [3.8, 4) is 0 Å². The fourth-order valence-electron chi connectivity index (χ4n) is 3.64. The van der Waals surface area contributed by atoms with Crippen LogP contribution in [0.4, 0.5) is 4.39 Å². The normalized spacial score (nSPS) is 27.0. The van der Waals surface area contributed by atoms with E-state index in [1.807, 2.05) is 12.1 Å². The quantitative estimate of drug-likeness (QED) is 0.410. The standard InChI is InChI=1S/C22H36FNO5/c1-2-5-16-7-9-17(10-8-16)14-29-15-18(23)6-3-4-11-24-12-19(25)21(27)22(28)20(26)13-24/h7-10,18-22,25-28H,2-6,11-15H2,1H3/t18?,19-,20-,21+,22+/m0/s1. The van der Waals surface area contributed by atoms with E-state index in [1.165, 1.54) is 5.56 Å². The number of hydrogen-bond acceptors (Lipinski definition) is 6. The highest BCUT2D eigenvalue weighted by Crippen LogP contribution is 2.15. The molecule has 2 rings (SSSR count). The van der Waals surface area contributed by atoms with Gasteiger partial charge >= 0.3 is 0 Å². The van der Waals surface area contributed by atoms with Gasteiger partial charge in [-0.2, -0.15) is 0 Å². The van der Waals surface area contributed by atoms with E-state index in [4.69, 9.17) is 4.74 Å². The number of ether oxygens (including phenoxy) is 1. The topological polar surface area (TPSA) is 93.4 Å². The average molecular weight is 414 g/mol. The molecule has 0 aromatic heterocycles. The van der Waals surface area contributed by atoms with Gasteiger partial charge in [-0.15, -0.1) is 0 Å². The molecule has 1 unspecified atom stereocenters. The van der Waals surface area contributed by atoms with Gasteiger partial charge in [0.2, 0.25) is 0 Å². The van der Waals surface area contributed by atoms with Gasteiger partial charge in [0, 0.05) is 13.1 Å². The highest BCUT2D eigenvalue weighted by atomic mass is 19.1. The first kappa shape index (κ1) is 24.2. The lowest BCUT2D eigenvalue weighted by molar-refractivity contribution is -0.0894. The second kappa shape index (κ2) is 12.6. The number of aryl methyl sites for hydroxylation is 1. The van der Waals surface area contributed by atoms with Crippen LogP contribution in [0.5, 0.6) is 0 Å². The van der Waals surface area contributed by atoms with Crippen LogP contribution in [0.3, 0.4) is 0 Å². The summed E-state index contributed by atoms with van der Waals surface area (Å²) in [5.74, 6) is 0. The third-order valence-electron chi connectivity index (χ3n) is 5.40. The summed E-state index contributed by atoms with van der Waals surface area (Å²) in [7, 11) is 0. The monoisotopic (exact) mass is 413 g/mol. The Morgan fingerprint density at radius 3 is 2.17 bits per heavy atom. The molecule has 0 saturated carbocycles. The number of likely N-dealkylation sites (tertiary alicyclic amines) is 1. The van der Waals surface area contributed by atoms with Gasteiger partial charge in [0.05, 0.1) is 25.4 Å². The van der Waals surface area contributed by atoms with E-state index in [-0.39, 0.29) is 19.7 Å². The molecule has 166 valence electrons. The Balaban J connectivity index is 1.59. The molecule has 5 atom stereocenters. The zero-order chi connectivity index (χ0) is 21.2. The van der Waals surface area contributed by atoms with Crippen LogP contribution in [0.1, 0.15) is 43.7 Å². The molecule has 1 fully saturated rings. The summed E-state index contributed by atoms with van der Waals surface area (Å²) in [4.78, 5) is 1.79. The van der Waals surface area contributed by atoms with E-state index >= 15 is 0 Å². The van der Waals surface area contributed by atoms with Gasteiger partial charge in [-0.1, -0.05) is 37.6 Å². The molecule has 1 saturated heterocycles. The molecule has 29 heavy (non-hydrogen) atoms. The second-order valence-electron chi connectivity index (χ2n) is 8.05. The first-order valence-corrected chi connectivity index (χ1v) is 10.6. The van der Waals surface area contributed by atoms with Crippen LogP contribution in [-0.2, 0) is 17.8 Å². The van der Waals surface area contributed by atoms with Crippen molar-refractivity contribution in [1.82, 2.24) is 4.90 Å². The van der Waals surface area contributed by atoms with Gasteiger partial charge in [0.15, 0.2) is 0 Å². The van der Waals surface area contributed by atoms with Crippen molar-refractivity contribution in [2.75, 3.05) is 26.2 Å². The Bertz CT molecular complexity index is 557. The molecule has 1 aliphatic heterocycles. The number of unbranched alkanes of at least 4 members (excludes halogenated alkanes) is 1. The molecule has 1 aliphatic rings. The molecular formula is C22H36FNO5. The summed E-state index contributed by atoms with van der Waals surface area (Å²) in [6, 6.07) is 8.22. The maximum absolute atomic E-state index is 14.0. The first-order chi connectivity index (χ1) is 13.9. The van der Waals surface area contributed by atoms with E-state index in [0.29, 0.717) is 32.4 Å². The number of benzene rings is 1. The average Bonchev–Trinajstić information content (AvgIpc) is 2.79. The van der Waals surface area contributed by atoms with Gasteiger partial charge in [0.25, 0.3) is 0 Å². The molecule has 0 radical (unpaired) electrons. The maximum Gasteiger partial charge on any atom is 0.123 e. The predicted octanol–water partition coefficient (Wildman–Crippen LogP) is 1.42. The molecule has 1 aromatic rings. The Labute approximate surface area is 172 Å². The van der Waals surface area contributed by atoms with Crippen molar-refractivity contribution in [2.24, 2.45) is 0 Å². The lowest BCUT2D eigenvalue weighted by Crippen LogP contribution is -2.43. The largest absolute Gasteiger partial charge is 0.389 e. The van der Waals surface area contributed by atoms with Crippen LogP contribution in [-0.4, -0.2) is 82.2 Å². The lowest BCUT2D eigenvalue weighted by atomic mass is 10.1. The van der Waals surface area contributed by atoms with E-state index < -0.39 is 30.6 Å². The Morgan fingerprint density at radius 2 is 1.59 bits per heavy atom. The zero-order valence-electron chi connectivity index (χ0n) is 17.3. The number of alkyl halides is 1. The number of halogens is 1. The smallest absolute Gasteiger partial charge is 0.123 e. The molecule has 1 aromatic carbocycles. The van der Waals surface area contributed by atoms with Crippen LogP contribution in [0, 0.1) is 0 Å². The van der Waals surface area contributed by atoms with E-state index in [1.54, 1.807) is 4.90 Å². The third-order valence-corrected chi connectivity index (χ3v) is 5.40. The van der Waals surface area contributed by atoms with Gasteiger partial charge in [0.1, 0.15) is 18.4 Å². The Kier molecular flexibility index (Phi) is 10.5. The van der Waals surface area contributed by atoms with E-state index in [0.717, 1.165) is 18.4 Å². The van der Waals surface area contributed by atoms with Crippen molar-refractivity contribution in [2.45, 2.75) is 76.2 Å². The summed E-state index contributed by atoms with van der Waals surface area (Å²) in [5, 5.41) is 39.1. The predicted molar refractivity (Wildman–Crippen MR) is 109 cm³/mol. The van der Waals surface area contributed by atoms with Crippen LogP contribution in [0.2, 0.25) is 0 Å². The first-order valence-electron chi connectivity index (χ1n) is 10.6. The fraction of sp³-hybridized carbons (Fsp3) is 0.727. The Hall–Kier alpha value is -1.09. The zero-order valence-corrected chi connectivity index (χ0v) is 17.3. The van der Waals surface area contributed by atoms with Crippen molar-refractivity contribution >= 4 is 0 Å². The lowest BCUT2D eigenvalue weighted by Gasteiger charge is -2.23. The number of nitrogens with zero attached hydrogens (tertiary/aromatic N) is 1. The fourth-order valence-corrected chi connectivity index (χ4v) is 3.64. The maximum atomic E-state index is 14.0. The number of aliphatic hydroxyl groups is 4. The highest BCUT2D eigenvalue weighted by Gasteiger charge is 2.35. The highest BCUT2D eigenvalue weighted by molar-refractivity contribution is 5.22. The molecule has 0 aliphatic carbocycles.